The minimum Gasteiger partial charge on any atom is -0.481 e. The topological polar surface area (TPSA) is 85.7 Å². The highest BCUT2D eigenvalue weighted by atomic mass is 16.5. The summed E-state index contributed by atoms with van der Waals surface area (Å²) in [6.45, 7) is 3.74. The SMILES string of the molecule is Cc1cc(N=C2Nc3cc(N)ccc3OC2C)no1. The predicted octanol–water partition coefficient (Wildman–Crippen LogP) is 2.49. The van der Waals surface area contributed by atoms with E-state index in [-0.39, 0.29) is 6.10 Å². The largest absolute Gasteiger partial charge is 0.481 e. The highest BCUT2D eigenvalue weighted by molar-refractivity contribution is 6.03. The van der Waals surface area contributed by atoms with Crippen molar-refractivity contribution in [2.45, 2.75) is 20.0 Å². The van der Waals surface area contributed by atoms with Crippen LogP contribution < -0.4 is 15.8 Å². The first-order chi connectivity index (χ1) is 9.11. The van der Waals surface area contributed by atoms with Gasteiger partial charge in [-0.25, -0.2) is 4.99 Å². The maximum Gasteiger partial charge on any atom is 0.197 e. The number of nitrogens with one attached hydrogen (secondary N) is 1. The molecule has 1 aromatic carbocycles. The Hall–Kier alpha value is -2.50. The lowest BCUT2D eigenvalue weighted by Gasteiger charge is -2.26. The number of aliphatic imine (C=N–C) groups is 1. The van der Waals surface area contributed by atoms with Crippen molar-refractivity contribution in [2.75, 3.05) is 11.1 Å². The number of nitrogens with zero attached hydrogens (tertiary/aromatic N) is 2. The maximum absolute atomic E-state index is 5.77. The van der Waals surface area contributed by atoms with Gasteiger partial charge in [-0.3, -0.25) is 0 Å². The van der Waals surface area contributed by atoms with Crippen LogP contribution >= 0.6 is 0 Å². The van der Waals surface area contributed by atoms with Crippen molar-refractivity contribution in [2.24, 2.45) is 4.99 Å². The summed E-state index contributed by atoms with van der Waals surface area (Å²) in [5, 5.41) is 7.04. The Bertz CT molecular complexity index is 648. The van der Waals surface area contributed by atoms with E-state index in [1.54, 1.807) is 12.1 Å². The Kier molecular flexibility index (Phi) is 2.63. The van der Waals surface area contributed by atoms with Crippen molar-refractivity contribution in [1.82, 2.24) is 5.16 Å². The number of amidine groups is 1. The first-order valence-electron chi connectivity index (χ1n) is 5.97. The van der Waals surface area contributed by atoms with Gasteiger partial charge in [0.1, 0.15) is 17.3 Å². The zero-order chi connectivity index (χ0) is 13.4. The zero-order valence-corrected chi connectivity index (χ0v) is 10.7. The molecule has 6 heteroatoms. The summed E-state index contributed by atoms with van der Waals surface area (Å²) in [7, 11) is 0. The number of aryl methyl sites for hydroxylation is 1. The molecular weight excluding hydrogens is 244 g/mol. The normalized spacial score (nSPS) is 19.7. The number of benzene rings is 1. The Morgan fingerprint density at radius 2 is 2.21 bits per heavy atom. The predicted molar refractivity (Wildman–Crippen MR) is 72.9 cm³/mol. The number of hydrogen-bond donors (Lipinski definition) is 2. The lowest BCUT2D eigenvalue weighted by Crippen LogP contribution is -2.34. The number of fused-ring (bicyclic) bond motifs is 1. The van der Waals surface area contributed by atoms with E-state index in [9.17, 15) is 0 Å². The van der Waals surface area contributed by atoms with Gasteiger partial charge in [-0.15, -0.1) is 0 Å². The highest BCUT2D eigenvalue weighted by Gasteiger charge is 2.22. The molecule has 3 N–H and O–H groups in total. The van der Waals surface area contributed by atoms with Gasteiger partial charge in [0.15, 0.2) is 11.9 Å². The van der Waals surface area contributed by atoms with Crippen molar-refractivity contribution >= 4 is 23.0 Å². The van der Waals surface area contributed by atoms with E-state index in [0.29, 0.717) is 23.1 Å². The lowest BCUT2D eigenvalue weighted by molar-refractivity contribution is 0.283. The summed E-state index contributed by atoms with van der Waals surface area (Å²) in [6, 6.07) is 7.21. The number of nitrogen functional groups attached to an aromatic ring is 1. The second-order valence-corrected chi connectivity index (χ2v) is 4.43. The van der Waals surface area contributed by atoms with E-state index in [4.69, 9.17) is 15.0 Å². The average Bonchev–Trinajstić information content (AvgIpc) is 2.76. The molecule has 3 rings (SSSR count). The van der Waals surface area contributed by atoms with Crippen LogP contribution in [0.25, 0.3) is 0 Å². The lowest BCUT2D eigenvalue weighted by atomic mass is 10.2. The number of nitrogens with two attached hydrogens (primary N) is 1. The number of aromatic nitrogens is 1. The monoisotopic (exact) mass is 258 g/mol. The molecule has 1 aliphatic heterocycles. The van der Waals surface area contributed by atoms with Crippen LogP contribution in [0.15, 0.2) is 33.8 Å². The average molecular weight is 258 g/mol. The smallest absolute Gasteiger partial charge is 0.197 e. The molecule has 0 spiro atoms. The first kappa shape index (κ1) is 11.6. The van der Waals surface area contributed by atoms with Crippen molar-refractivity contribution in [1.29, 1.82) is 0 Å². The van der Waals surface area contributed by atoms with Crippen molar-refractivity contribution < 1.29 is 9.26 Å². The molecule has 2 aromatic rings. The molecule has 19 heavy (non-hydrogen) atoms. The zero-order valence-electron chi connectivity index (χ0n) is 10.7. The number of rotatable bonds is 1. The molecule has 6 nitrogen and oxygen atoms in total. The van der Waals surface area contributed by atoms with E-state index in [2.05, 4.69) is 15.5 Å². The minimum absolute atomic E-state index is 0.187. The van der Waals surface area contributed by atoms with Crippen LogP contribution in [0.2, 0.25) is 0 Å². The second kappa shape index (κ2) is 4.31. The van der Waals surface area contributed by atoms with Crippen LogP contribution in [0.1, 0.15) is 12.7 Å². The Morgan fingerprint density at radius 1 is 1.37 bits per heavy atom. The van der Waals surface area contributed by atoms with Crippen molar-refractivity contribution in [3.63, 3.8) is 0 Å². The van der Waals surface area contributed by atoms with Gasteiger partial charge in [0.05, 0.1) is 5.69 Å². The van der Waals surface area contributed by atoms with Crippen molar-refractivity contribution in [3.05, 3.63) is 30.0 Å². The molecule has 0 radical (unpaired) electrons. The van der Waals surface area contributed by atoms with E-state index < -0.39 is 0 Å². The molecule has 1 atom stereocenters. The first-order valence-corrected chi connectivity index (χ1v) is 5.97. The summed E-state index contributed by atoms with van der Waals surface area (Å²) in [5.74, 6) is 2.67. The fourth-order valence-corrected chi connectivity index (χ4v) is 1.88. The molecule has 1 aromatic heterocycles. The van der Waals surface area contributed by atoms with Crippen LogP contribution in [-0.2, 0) is 0 Å². The summed E-state index contributed by atoms with van der Waals surface area (Å²) in [6.07, 6.45) is -0.187. The van der Waals surface area contributed by atoms with E-state index in [1.165, 1.54) is 0 Å². The van der Waals surface area contributed by atoms with Gasteiger partial charge in [-0.2, -0.15) is 0 Å². The number of anilines is 2. The van der Waals surface area contributed by atoms with Crippen LogP contribution in [-0.4, -0.2) is 17.1 Å². The Morgan fingerprint density at radius 3 is 2.95 bits per heavy atom. The van der Waals surface area contributed by atoms with Crippen molar-refractivity contribution in [3.8, 4) is 5.75 Å². The van der Waals surface area contributed by atoms with Gasteiger partial charge in [0.25, 0.3) is 0 Å². The fourth-order valence-electron chi connectivity index (χ4n) is 1.88. The van der Waals surface area contributed by atoms with Gasteiger partial charge in [0, 0.05) is 11.8 Å². The van der Waals surface area contributed by atoms with E-state index in [0.717, 1.165) is 11.4 Å². The molecule has 0 saturated carbocycles. The molecule has 0 bridgehead atoms. The molecule has 98 valence electrons. The summed E-state index contributed by atoms with van der Waals surface area (Å²) < 4.78 is 10.8. The van der Waals surface area contributed by atoms with Gasteiger partial charge in [0.2, 0.25) is 0 Å². The third kappa shape index (κ3) is 2.24. The summed E-state index contributed by atoms with van der Waals surface area (Å²) >= 11 is 0. The second-order valence-electron chi connectivity index (χ2n) is 4.43. The van der Waals surface area contributed by atoms with E-state index in [1.807, 2.05) is 26.0 Å². The third-order valence-corrected chi connectivity index (χ3v) is 2.81. The van der Waals surface area contributed by atoms with Gasteiger partial charge >= 0.3 is 0 Å². The molecule has 0 amide bonds. The standard InChI is InChI=1S/C13H14N4O2/c1-7-5-12(17-19-7)16-13-8(2)18-11-4-3-9(14)6-10(11)15-13/h3-6,8H,14H2,1-2H3,(H,15,16,17). The molecule has 0 aliphatic carbocycles. The number of hydrogen-bond acceptors (Lipinski definition) is 5. The molecular formula is C13H14N4O2. The van der Waals surface area contributed by atoms with Crippen LogP contribution in [0.5, 0.6) is 5.75 Å². The van der Waals surface area contributed by atoms with Crippen LogP contribution in [0.3, 0.4) is 0 Å². The van der Waals surface area contributed by atoms with E-state index >= 15 is 0 Å². The van der Waals surface area contributed by atoms with Crippen LogP contribution in [0, 0.1) is 6.92 Å². The minimum atomic E-state index is -0.187. The summed E-state index contributed by atoms with van der Waals surface area (Å²) in [4.78, 5) is 4.38. The molecule has 0 saturated heterocycles. The van der Waals surface area contributed by atoms with Gasteiger partial charge in [-0.1, -0.05) is 5.16 Å². The Balaban J connectivity index is 1.94. The quantitative estimate of drug-likeness (QED) is 0.767. The highest BCUT2D eigenvalue weighted by Crippen LogP contribution is 2.32. The van der Waals surface area contributed by atoms with Crippen LogP contribution in [0.4, 0.5) is 17.2 Å². The molecule has 2 heterocycles. The Labute approximate surface area is 110 Å². The van der Waals surface area contributed by atoms with Gasteiger partial charge in [-0.05, 0) is 32.0 Å². The molecule has 1 aliphatic rings. The van der Waals surface area contributed by atoms with Gasteiger partial charge < -0.3 is 20.3 Å². The summed E-state index contributed by atoms with van der Waals surface area (Å²) in [5.41, 5.74) is 7.23. The fraction of sp³-hybridized carbons (Fsp3) is 0.231. The number of ether oxygens (including phenoxy) is 1. The molecule has 1 unspecified atom stereocenters. The third-order valence-electron chi connectivity index (χ3n) is 2.81. The maximum atomic E-state index is 5.77. The molecule has 0 fully saturated rings.